The van der Waals surface area contributed by atoms with Crippen LogP contribution >= 0.6 is 27.5 Å². The molecular weight excluding hydrogens is 336 g/mol. The number of rotatable bonds is 4. The normalized spacial score (nSPS) is 10.3. The maximum atomic E-state index is 12.0. The van der Waals surface area contributed by atoms with Gasteiger partial charge in [-0.2, -0.15) is 4.98 Å². The van der Waals surface area contributed by atoms with Crippen LogP contribution in [0.15, 0.2) is 22.7 Å². The number of carbonyl (C=O) groups excluding carboxylic acids is 1. The molecule has 0 fully saturated rings. The number of nitrogens with one attached hydrogen (secondary N) is 2. The highest BCUT2D eigenvalue weighted by molar-refractivity contribution is 9.10. The van der Waals surface area contributed by atoms with E-state index in [4.69, 9.17) is 16.3 Å². The molecule has 0 atom stereocenters. The summed E-state index contributed by atoms with van der Waals surface area (Å²) in [5.41, 5.74) is 0.338. The smallest absolute Gasteiger partial charge is 0.337 e. The number of aromatic nitrogens is 3. The summed E-state index contributed by atoms with van der Waals surface area (Å²) < 4.78 is 5.73. The third kappa shape index (κ3) is 3.24. The largest absolute Gasteiger partial charge is 0.463 e. The lowest BCUT2D eigenvalue weighted by Gasteiger charge is -2.04. The summed E-state index contributed by atoms with van der Waals surface area (Å²) in [4.78, 5) is 16.0. The maximum absolute atomic E-state index is 12.0. The number of nitrogens with zero attached hydrogens (tertiary/aromatic N) is 2. The van der Waals surface area contributed by atoms with Crippen molar-refractivity contribution in [2.75, 3.05) is 11.9 Å². The van der Waals surface area contributed by atoms with Gasteiger partial charge in [0.15, 0.2) is 0 Å². The van der Waals surface area contributed by atoms with Gasteiger partial charge in [-0.3, -0.25) is 10.1 Å². The van der Waals surface area contributed by atoms with Crippen molar-refractivity contribution in [1.29, 1.82) is 0 Å². The molecule has 19 heavy (non-hydrogen) atoms. The Morgan fingerprint density at radius 1 is 1.58 bits per heavy atom. The van der Waals surface area contributed by atoms with E-state index in [1.165, 1.54) is 0 Å². The van der Waals surface area contributed by atoms with Crippen molar-refractivity contribution >= 4 is 39.4 Å². The number of halogens is 2. The molecule has 0 radical (unpaired) electrons. The van der Waals surface area contributed by atoms with Gasteiger partial charge in [-0.05, 0) is 35.0 Å². The first-order valence-corrected chi connectivity index (χ1v) is 6.59. The Morgan fingerprint density at radius 3 is 3.11 bits per heavy atom. The minimum absolute atomic E-state index is 0.179. The van der Waals surface area contributed by atoms with Gasteiger partial charge in [0.05, 0.1) is 17.2 Å². The Morgan fingerprint density at radius 2 is 2.37 bits per heavy atom. The van der Waals surface area contributed by atoms with Gasteiger partial charge in [-0.15, -0.1) is 5.10 Å². The zero-order chi connectivity index (χ0) is 13.8. The predicted octanol–water partition coefficient (Wildman–Crippen LogP) is 2.87. The molecule has 0 unspecified atom stereocenters. The SMILES string of the molecule is CCOc1n[nH]c(NC(=O)c2cccc(Br)c2Cl)n1. The Labute approximate surface area is 122 Å². The lowest BCUT2D eigenvalue weighted by molar-refractivity contribution is 0.102. The summed E-state index contributed by atoms with van der Waals surface area (Å²) in [5, 5.41) is 9.22. The van der Waals surface area contributed by atoms with E-state index in [1.54, 1.807) is 18.2 Å². The van der Waals surface area contributed by atoms with E-state index in [9.17, 15) is 4.79 Å². The third-order valence-corrected chi connectivity index (χ3v) is 3.46. The summed E-state index contributed by atoms with van der Waals surface area (Å²) in [6.45, 7) is 2.26. The molecule has 1 aromatic carbocycles. The number of ether oxygens (including phenoxy) is 1. The molecule has 8 heteroatoms. The molecule has 0 aliphatic carbocycles. The lowest BCUT2D eigenvalue weighted by atomic mass is 10.2. The molecular formula is C11H10BrClN4O2. The van der Waals surface area contributed by atoms with Crippen LogP contribution in [0.2, 0.25) is 5.02 Å². The molecule has 0 aliphatic heterocycles. The Balaban J connectivity index is 2.14. The first-order valence-electron chi connectivity index (χ1n) is 5.42. The Kier molecular flexibility index (Phi) is 4.39. The topological polar surface area (TPSA) is 79.9 Å². The Bertz CT molecular complexity index is 602. The highest BCUT2D eigenvalue weighted by atomic mass is 79.9. The van der Waals surface area contributed by atoms with Crippen molar-refractivity contribution in [3.05, 3.63) is 33.3 Å². The van der Waals surface area contributed by atoms with Crippen molar-refractivity contribution in [3.63, 3.8) is 0 Å². The van der Waals surface area contributed by atoms with E-state index in [0.717, 1.165) is 0 Å². The highest BCUT2D eigenvalue weighted by Gasteiger charge is 2.14. The van der Waals surface area contributed by atoms with E-state index in [-0.39, 0.29) is 17.9 Å². The summed E-state index contributed by atoms with van der Waals surface area (Å²) in [7, 11) is 0. The number of carbonyl (C=O) groups is 1. The van der Waals surface area contributed by atoms with Crippen LogP contribution in [0.1, 0.15) is 17.3 Å². The molecule has 1 aromatic heterocycles. The first-order chi connectivity index (χ1) is 9.11. The summed E-state index contributed by atoms with van der Waals surface area (Å²) in [5.74, 6) is -0.185. The number of benzene rings is 1. The molecule has 0 bridgehead atoms. The zero-order valence-electron chi connectivity index (χ0n) is 9.91. The average molecular weight is 346 g/mol. The molecule has 0 saturated heterocycles. The fraction of sp³-hybridized carbons (Fsp3) is 0.182. The number of amides is 1. The van der Waals surface area contributed by atoms with Crippen LogP contribution in [0, 0.1) is 0 Å². The molecule has 1 amide bonds. The van der Waals surface area contributed by atoms with Gasteiger partial charge in [0, 0.05) is 4.47 Å². The van der Waals surface area contributed by atoms with Crippen molar-refractivity contribution < 1.29 is 9.53 Å². The third-order valence-electron chi connectivity index (χ3n) is 2.17. The minimum atomic E-state index is -0.384. The van der Waals surface area contributed by atoms with Gasteiger partial charge in [-0.1, -0.05) is 17.7 Å². The average Bonchev–Trinajstić information content (AvgIpc) is 2.80. The second-order valence-electron chi connectivity index (χ2n) is 3.46. The van der Waals surface area contributed by atoms with E-state index >= 15 is 0 Å². The first kappa shape index (κ1) is 13.8. The molecule has 6 nitrogen and oxygen atoms in total. The maximum Gasteiger partial charge on any atom is 0.337 e. The van der Waals surface area contributed by atoms with Crippen LogP contribution in [0.3, 0.4) is 0 Å². The van der Waals surface area contributed by atoms with Crippen LogP contribution in [-0.2, 0) is 0 Å². The van der Waals surface area contributed by atoms with Crippen LogP contribution in [0.5, 0.6) is 6.01 Å². The highest BCUT2D eigenvalue weighted by Crippen LogP contribution is 2.26. The summed E-state index contributed by atoms with van der Waals surface area (Å²) >= 11 is 9.29. The standard InChI is InChI=1S/C11H10BrClN4O2/c1-2-19-11-15-10(16-17-11)14-9(18)6-4-3-5-7(12)8(6)13/h3-5H,2H2,1H3,(H2,14,15,16,17,18). The monoisotopic (exact) mass is 344 g/mol. The predicted molar refractivity (Wildman–Crippen MR) is 74.7 cm³/mol. The van der Waals surface area contributed by atoms with Crippen molar-refractivity contribution in [1.82, 2.24) is 15.2 Å². The number of H-pyrrole nitrogens is 1. The molecule has 2 rings (SSSR count). The van der Waals surface area contributed by atoms with Crippen LogP contribution in [-0.4, -0.2) is 27.7 Å². The summed E-state index contributed by atoms with van der Waals surface area (Å²) in [6.07, 6.45) is 0. The fourth-order valence-electron chi connectivity index (χ4n) is 1.35. The van der Waals surface area contributed by atoms with Crippen molar-refractivity contribution in [3.8, 4) is 6.01 Å². The van der Waals surface area contributed by atoms with E-state index < -0.39 is 0 Å². The second kappa shape index (κ2) is 6.03. The fourth-order valence-corrected chi connectivity index (χ4v) is 1.93. The van der Waals surface area contributed by atoms with Crippen LogP contribution < -0.4 is 10.1 Å². The molecule has 0 saturated carbocycles. The number of aromatic amines is 1. The second-order valence-corrected chi connectivity index (χ2v) is 4.69. The molecule has 2 N–H and O–H groups in total. The molecule has 0 aliphatic rings. The summed E-state index contributed by atoms with van der Waals surface area (Å²) in [6, 6.07) is 5.26. The van der Waals surface area contributed by atoms with E-state index in [2.05, 4.69) is 36.4 Å². The van der Waals surface area contributed by atoms with Crippen molar-refractivity contribution in [2.45, 2.75) is 6.92 Å². The number of anilines is 1. The van der Waals surface area contributed by atoms with Gasteiger partial charge in [0.1, 0.15) is 0 Å². The van der Waals surface area contributed by atoms with Gasteiger partial charge < -0.3 is 4.74 Å². The quantitative estimate of drug-likeness (QED) is 0.893. The van der Waals surface area contributed by atoms with Gasteiger partial charge in [-0.25, -0.2) is 5.10 Å². The van der Waals surface area contributed by atoms with Crippen LogP contribution in [0.25, 0.3) is 0 Å². The number of hydrogen-bond acceptors (Lipinski definition) is 4. The van der Waals surface area contributed by atoms with Crippen molar-refractivity contribution in [2.24, 2.45) is 0 Å². The zero-order valence-corrected chi connectivity index (χ0v) is 12.2. The molecule has 100 valence electrons. The number of hydrogen-bond donors (Lipinski definition) is 2. The van der Waals surface area contributed by atoms with Gasteiger partial charge >= 0.3 is 6.01 Å². The Hall–Kier alpha value is -1.60. The molecule has 1 heterocycles. The van der Waals surface area contributed by atoms with E-state index in [1.807, 2.05) is 6.92 Å². The van der Waals surface area contributed by atoms with E-state index in [0.29, 0.717) is 21.7 Å². The molecule has 2 aromatic rings. The lowest BCUT2D eigenvalue weighted by Crippen LogP contribution is -2.13. The van der Waals surface area contributed by atoms with Gasteiger partial charge in [0.25, 0.3) is 5.91 Å². The van der Waals surface area contributed by atoms with Crippen LogP contribution in [0.4, 0.5) is 5.95 Å². The van der Waals surface area contributed by atoms with Gasteiger partial charge in [0.2, 0.25) is 5.95 Å². The molecule has 0 spiro atoms. The minimum Gasteiger partial charge on any atom is -0.463 e.